The molecule has 1 heterocycles. The number of pyridine rings is 1. The van der Waals surface area contributed by atoms with Crippen molar-refractivity contribution in [1.29, 1.82) is 0 Å². The molecule has 0 fully saturated rings. The molecule has 0 aliphatic rings. The number of nitrogens with zero attached hydrogens (tertiary/aromatic N) is 2. The number of carboxylic acid groups (broad SMARTS) is 1. The Morgan fingerprint density at radius 3 is 2.74 bits per heavy atom. The Morgan fingerprint density at radius 1 is 1.53 bits per heavy atom. The number of aliphatic carboxylic acids is 1. The summed E-state index contributed by atoms with van der Waals surface area (Å²) in [6.45, 7) is 6.50. The number of carbonyl (C=O) groups excluding carboxylic acids is 1. The standard InChI is InChI=1S/C13H17N3O3/c1-3-7-16(4-2)13(19)15-11-6-5-10(14-9-11)8-12(17)18/h3,5-6,9H,1,4,7-8H2,2H3,(H,15,19)(H,17,18). The van der Waals surface area contributed by atoms with E-state index in [1.807, 2.05) is 6.92 Å². The molecule has 0 bridgehead atoms. The van der Waals surface area contributed by atoms with E-state index < -0.39 is 5.97 Å². The maximum atomic E-state index is 11.8. The highest BCUT2D eigenvalue weighted by atomic mass is 16.4. The summed E-state index contributed by atoms with van der Waals surface area (Å²) in [5, 5.41) is 11.3. The number of rotatable bonds is 6. The summed E-state index contributed by atoms with van der Waals surface area (Å²) >= 11 is 0. The van der Waals surface area contributed by atoms with Crippen LogP contribution in [0.3, 0.4) is 0 Å². The molecule has 2 N–H and O–H groups in total. The number of likely N-dealkylation sites (N-methyl/N-ethyl adjacent to an activating group) is 1. The van der Waals surface area contributed by atoms with Gasteiger partial charge in [0, 0.05) is 13.1 Å². The molecule has 0 aliphatic carbocycles. The van der Waals surface area contributed by atoms with Crippen molar-refractivity contribution in [2.75, 3.05) is 18.4 Å². The summed E-state index contributed by atoms with van der Waals surface area (Å²) in [4.78, 5) is 27.9. The molecule has 1 aromatic heterocycles. The Balaban J connectivity index is 2.64. The summed E-state index contributed by atoms with van der Waals surface area (Å²) in [5.41, 5.74) is 0.977. The van der Waals surface area contributed by atoms with Gasteiger partial charge in [-0.15, -0.1) is 6.58 Å². The van der Waals surface area contributed by atoms with Crippen molar-refractivity contribution in [3.05, 3.63) is 36.7 Å². The summed E-state index contributed by atoms with van der Waals surface area (Å²) in [5.74, 6) is -0.938. The first-order valence-corrected chi connectivity index (χ1v) is 5.90. The summed E-state index contributed by atoms with van der Waals surface area (Å²) < 4.78 is 0. The normalized spacial score (nSPS) is 9.74. The molecule has 6 nitrogen and oxygen atoms in total. The number of nitrogens with one attached hydrogen (secondary N) is 1. The minimum atomic E-state index is -0.938. The van der Waals surface area contributed by atoms with E-state index in [-0.39, 0.29) is 12.5 Å². The lowest BCUT2D eigenvalue weighted by atomic mass is 10.2. The van der Waals surface area contributed by atoms with E-state index in [1.54, 1.807) is 23.1 Å². The SMILES string of the molecule is C=CCN(CC)C(=O)Nc1ccc(CC(=O)O)nc1. The Kier molecular flexibility index (Phi) is 5.53. The number of aromatic nitrogens is 1. The first-order valence-electron chi connectivity index (χ1n) is 5.90. The molecule has 1 rings (SSSR count). The molecule has 0 radical (unpaired) electrons. The molecule has 0 saturated heterocycles. The van der Waals surface area contributed by atoms with E-state index in [4.69, 9.17) is 5.11 Å². The van der Waals surface area contributed by atoms with E-state index >= 15 is 0 Å². The van der Waals surface area contributed by atoms with Crippen LogP contribution in [0, 0.1) is 0 Å². The van der Waals surface area contributed by atoms with Gasteiger partial charge in [-0.25, -0.2) is 4.79 Å². The largest absolute Gasteiger partial charge is 0.481 e. The number of anilines is 1. The molecule has 0 unspecified atom stereocenters. The molecular formula is C13H17N3O3. The van der Waals surface area contributed by atoms with Crippen LogP contribution in [0.2, 0.25) is 0 Å². The van der Waals surface area contributed by atoms with Gasteiger partial charge in [0.2, 0.25) is 0 Å². The topological polar surface area (TPSA) is 82.5 Å². The maximum Gasteiger partial charge on any atom is 0.322 e. The van der Waals surface area contributed by atoms with Crippen molar-refractivity contribution in [3.63, 3.8) is 0 Å². The molecule has 0 atom stereocenters. The first-order chi connectivity index (χ1) is 9.06. The van der Waals surface area contributed by atoms with Crippen molar-refractivity contribution < 1.29 is 14.7 Å². The smallest absolute Gasteiger partial charge is 0.322 e. The Bertz CT molecular complexity index is 457. The second-order valence-electron chi connectivity index (χ2n) is 3.87. The van der Waals surface area contributed by atoms with Gasteiger partial charge in [0.05, 0.1) is 24.0 Å². The predicted octanol–water partition coefficient (Wildman–Crippen LogP) is 1.75. The number of carbonyl (C=O) groups is 2. The van der Waals surface area contributed by atoms with Crippen molar-refractivity contribution in [3.8, 4) is 0 Å². The Labute approximate surface area is 111 Å². The highest BCUT2D eigenvalue weighted by Crippen LogP contribution is 2.08. The molecule has 2 amide bonds. The number of urea groups is 1. The van der Waals surface area contributed by atoms with Crippen LogP contribution in [0.25, 0.3) is 0 Å². The highest BCUT2D eigenvalue weighted by Gasteiger charge is 2.10. The lowest BCUT2D eigenvalue weighted by molar-refractivity contribution is -0.136. The average Bonchev–Trinajstić information content (AvgIpc) is 2.37. The van der Waals surface area contributed by atoms with Crippen LogP contribution in [0.15, 0.2) is 31.0 Å². The fraction of sp³-hybridized carbons (Fsp3) is 0.308. The van der Waals surface area contributed by atoms with E-state index in [9.17, 15) is 9.59 Å². The maximum absolute atomic E-state index is 11.8. The fourth-order valence-corrected chi connectivity index (χ4v) is 1.47. The van der Waals surface area contributed by atoms with Gasteiger partial charge < -0.3 is 15.3 Å². The predicted molar refractivity (Wildman–Crippen MR) is 72.0 cm³/mol. The van der Waals surface area contributed by atoms with Crippen LogP contribution in [-0.2, 0) is 11.2 Å². The van der Waals surface area contributed by atoms with E-state index in [1.165, 1.54) is 6.20 Å². The van der Waals surface area contributed by atoms with Gasteiger partial charge in [-0.2, -0.15) is 0 Å². The van der Waals surface area contributed by atoms with E-state index in [2.05, 4.69) is 16.9 Å². The van der Waals surface area contributed by atoms with Crippen LogP contribution in [0.5, 0.6) is 0 Å². The van der Waals surface area contributed by atoms with Gasteiger partial charge >= 0.3 is 12.0 Å². The zero-order valence-corrected chi connectivity index (χ0v) is 10.8. The van der Waals surface area contributed by atoms with Crippen molar-refractivity contribution in [2.24, 2.45) is 0 Å². The summed E-state index contributed by atoms with van der Waals surface area (Å²) in [6.07, 6.45) is 2.96. The highest BCUT2D eigenvalue weighted by molar-refractivity contribution is 5.89. The number of hydrogen-bond acceptors (Lipinski definition) is 3. The van der Waals surface area contributed by atoms with Gasteiger partial charge in [0.1, 0.15) is 0 Å². The Hall–Kier alpha value is -2.37. The van der Waals surface area contributed by atoms with Crippen molar-refractivity contribution in [1.82, 2.24) is 9.88 Å². The molecule has 0 aromatic carbocycles. The van der Waals surface area contributed by atoms with Crippen LogP contribution >= 0.6 is 0 Å². The van der Waals surface area contributed by atoms with E-state index in [0.717, 1.165) is 0 Å². The summed E-state index contributed by atoms with van der Waals surface area (Å²) in [7, 11) is 0. The lowest BCUT2D eigenvalue weighted by Crippen LogP contribution is -2.34. The fourth-order valence-electron chi connectivity index (χ4n) is 1.47. The quantitative estimate of drug-likeness (QED) is 0.766. The average molecular weight is 263 g/mol. The molecule has 0 spiro atoms. The molecule has 0 aliphatic heterocycles. The third-order valence-electron chi connectivity index (χ3n) is 2.43. The number of hydrogen-bond donors (Lipinski definition) is 2. The van der Waals surface area contributed by atoms with Gasteiger partial charge in [-0.3, -0.25) is 9.78 Å². The molecule has 19 heavy (non-hydrogen) atoms. The second-order valence-corrected chi connectivity index (χ2v) is 3.87. The molecule has 6 heteroatoms. The molecule has 102 valence electrons. The minimum absolute atomic E-state index is 0.133. The monoisotopic (exact) mass is 263 g/mol. The van der Waals surface area contributed by atoms with Crippen molar-refractivity contribution in [2.45, 2.75) is 13.3 Å². The van der Waals surface area contributed by atoms with Crippen LogP contribution < -0.4 is 5.32 Å². The molecule has 0 saturated carbocycles. The lowest BCUT2D eigenvalue weighted by Gasteiger charge is -2.19. The van der Waals surface area contributed by atoms with Gasteiger partial charge in [-0.1, -0.05) is 6.08 Å². The first kappa shape index (κ1) is 14.7. The Morgan fingerprint density at radius 2 is 2.26 bits per heavy atom. The molecule has 1 aromatic rings. The number of carboxylic acids is 1. The van der Waals surface area contributed by atoms with Crippen molar-refractivity contribution >= 4 is 17.7 Å². The third-order valence-corrected chi connectivity index (χ3v) is 2.43. The minimum Gasteiger partial charge on any atom is -0.481 e. The summed E-state index contributed by atoms with van der Waals surface area (Å²) in [6, 6.07) is 2.97. The third kappa shape index (κ3) is 4.79. The zero-order chi connectivity index (χ0) is 14.3. The van der Waals surface area contributed by atoms with Gasteiger partial charge in [0.25, 0.3) is 0 Å². The number of amides is 2. The van der Waals surface area contributed by atoms with Gasteiger partial charge in [0.15, 0.2) is 0 Å². The second kappa shape index (κ2) is 7.15. The van der Waals surface area contributed by atoms with Crippen LogP contribution in [0.4, 0.5) is 10.5 Å². The van der Waals surface area contributed by atoms with E-state index in [0.29, 0.717) is 24.5 Å². The van der Waals surface area contributed by atoms with Crippen LogP contribution in [-0.4, -0.2) is 40.1 Å². The molecular weight excluding hydrogens is 246 g/mol. The zero-order valence-electron chi connectivity index (χ0n) is 10.8. The van der Waals surface area contributed by atoms with Gasteiger partial charge in [-0.05, 0) is 19.1 Å². The van der Waals surface area contributed by atoms with Crippen LogP contribution in [0.1, 0.15) is 12.6 Å².